The van der Waals surface area contributed by atoms with Crippen molar-refractivity contribution in [3.05, 3.63) is 35.4 Å². The molecule has 1 aromatic rings. The third kappa shape index (κ3) is 4.42. The first-order valence-corrected chi connectivity index (χ1v) is 7.87. The van der Waals surface area contributed by atoms with E-state index in [1.807, 2.05) is 13.8 Å². The first-order chi connectivity index (χ1) is 10.4. The summed E-state index contributed by atoms with van der Waals surface area (Å²) in [6.45, 7) is 4.05. The maximum Gasteiger partial charge on any atom is 0.227 e. The van der Waals surface area contributed by atoms with E-state index in [1.165, 1.54) is 23.1 Å². The van der Waals surface area contributed by atoms with Gasteiger partial charge in [-0.25, -0.2) is 8.78 Å². The van der Waals surface area contributed by atoms with Gasteiger partial charge in [-0.2, -0.15) is 0 Å². The van der Waals surface area contributed by atoms with E-state index in [1.54, 1.807) is 0 Å². The van der Waals surface area contributed by atoms with E-state index < -0.39 is 17.2 Å². The Morgan fingerprint density at radius 2 is 1.96 bits per heavy atom. The molecule has 2 N–H and O–H groups in total. The quantitative estimate of drug-likeness (QED) is 0.904. The molecule has 1 aliphatic carbocycles. The Bertz CT molecular complexity index is 531. The lowest BCUT2D eigenvalue weighted by Crippen LogP contribution is -2.53. The molecule has 0 aromatic heterocycles. The van der Waals surface area contributed by atoms with Crippen LogP contribution in [-0.4, -0.2) is 22.9 Å². The summed E-state index contributed by atoms with van der Waals surface area (Å²) >= 11 is 0. The van der Waals surface area contributed by atoms with Gasteiger partial charge in [0, 0.05) is 17.6 Å². The van der Waals surface area contributed by atoms with Gasteiger partial charge in [0.1, 0.15) is 11.6 Å². The molecule has 1 aliphatic rings. The summed E-state index contributed by atoms with van der Waals surface area (Å²) in [5, 5.41) is 0. The first-order valence-electron chi connectivity index (χ1n) is 7.87. The predicted molar refractivity (Wildman–Crippen MR) is 89.2 cm³/mol. The monoisotopic (exact) mass is 346 g/mol. The normalized spacial score (nSPS) is 24.0. The smallest absolute Gasteiger partial charge is 0.227 e. The second kappa shape index (κ2) is 8.06. The van der Waals surface area contributed by atoms with Crippen molar-refractivity contribution in [2.24, 2.45) is 11.7 Å². The van der Waals surface area contributed by atoms with Gasteiger partial charge in [-0.3, -0.25) is 4.79 Å². The number of amides is 1. The summed E-state index contributed by atoms with van der Waals surface area (Å²) in [6, 6.07) is 3.75. The van der Waals surface area contributed by atoms with Crippen LogP contribution in [0, 0.1) is 17.6 Å². The van der Waals surface area contributed by atoms with Gasteiger partial charge < -0.3 is 10.6 Å². The minimum Gasteiger partial charge on any atom is -0.338 e. The summed E-state index contributed by atoms with van der Waals surface area (Å²) in [7, 11) is 0. The fourth-order valence-electron chi connectivity index (χ4n) is 3.20. The Kier molecular flexibility index (Phi) is 6.96. The molecule has 2 rings (SSSR count). The van der Waals surface area contributed by atoms with Crippen molar-refractivity contribution in [1.29, 1.82) is 0 Å². The zero-order valence-electron chi connectivity index (χ0n) is 13.6. The van der Waals surface area contributed by atoms with E-state index >= 15 is 0 Å². The number of nitrogens with zero attached hydrogens (tertiary/aromatic N) is 1. The fourth-order valence-corrected chi connectivity index (χ4v) is 3.20. The average Bonchev–Trinajstić information content (AvgIpc) is 2.46. The topological polar surface area (TPSA) is 46.3 Å². The standard InChI is InChI=1S/C17H24F2N2O.ClH/c1-3-21(11-12-14(18)8-6-9-15(12)19)16(22)13-7-4-5-10-17(13,2)20;/h6,8-9,13H,3-5,7,10-11,20H2,1-2H3;1H. The van der Waals surface area contributed by atoms with Crippen LogP contribution in [0.2, 0.25) is 0 Å². The van der Waals surface area contributed by atoms with Gasteiger partial charge in [0.2, 0.25) is 5.91 Å². The molecular formula is C17H25ClF2N2O. The van der Waals surface area contributed by atoms with Crippen LogP contribution >= 0.6 is 12.4 Å². The van der Waals surface area contributed by atoms with Crippen molar-refractivity contribution >= 4 is 18.3 Å². The third-order valence-electron chi connectivity index (χ3n) is 4.66. The van der Waals surface area contributed by atoms with Crippen LogP contribution in [0.5, 0.6) is 0 Å². The van der Waals surface area contributed by atoms with Crippen molar-refractivity contribution in [3.8, 4) is 0 Å². The van der Waals surface area contributed by atoms with Crippen molar-refractivity contribution in [1.82, 2.24) is 4.90 Å². The Morgan fingerprint density at radius 3 is 2.48 bits per heavy atom. The maximum atomic E-state index is 13.8. The number of hydrogen-bond donors (Lipinski definition) is 1. The average molecular weight is 347 g/mol. The number of halogens is 3. The maximum absolute atomic E-state index is 13.8. The zero-order chi connectivity index (χ0) is 16.3. The van der Waals surface area contributed by atoms with E-state index in [2.05, 4.69) is 0 Å². The highest BCUT2D eigenvalue weighted by Gasteiger charge is 2.39. The largest absolute Gasteiger partial charge is 0.338 e. The summed E-state index contributed by atoms with van der Waals surface area (Å²) in [6.07, 6.45) is 3.52. The molecule has 3 nitrogen and oxygen atoms in total. The minimum absolute atomic E-state index is 0. The lowest BCUT2D eigenvalue weighted by Gasteiger charge is -2.39. The van der Waals surface area contributed by atoms with Crippen molar-refractivity contribution in [3.63, 3.8) is 0 Å². The van der Waals surface area contributed by atoms with E-state index in [9.17, 15) is 13.6 Å². The second-order valence-electron chi connectivity index (χ2n) is 6.36. The highest BCUT2D eigenvalue weighted by molar-refractivity contribution is 5.85. The highest BCUT2D eigenvalue weighted by Crippen LogP contribution is 2.33. The molecular weight excluding hydrogens is 322 g/mol. The molecule has 1 aromatic carbocycles. The van der Waals surface area contributed by atoms with Crippen LogP contribution < -0.4 is 5.73 Å². The van der Waals surface area contributed by atoms with Crippen LogP contribution in [0.25, 0.3) is 0 Å². The zero-order valence-corrected chi connectivity index (χ0v) is 14.5. The summed E-state index contributed by atoms with van der Waals surface area (Å²) in [5.74, 6) is -1.62. The van der Waals surface area contributed by atoms with Gasteiger partial charge in [-0.05, 0) is 38.8 Å². The van der Waals surface area contributed by atoms with Crippen LogP contribution in [0.1, 0.15) is 45.1 Å². The second-order valence-corrected chi connectivity index (χ2v) is 6.36. The summed E-state index contributed by atoms with van der Waals surface area (Å²) in [5.41, 5.74) is 5.67. The van der Waals surface area contributed by atoms with E-state index in [0.29, 0.717) is 6.54 Å². The van der Waals surface area contributed by atoms with Crippen molar-refractivity contribution in [2.75, 3.05) is 6.54 Å². The SMILES string of the molecule is CCN(Cc1c(F)cccc1F)C(=O)C1CCCCC1(C)N.Cl. The Labute approximate surface area is 142 Å². The number of benzene rings is 1. The van der Waals surface area contributed by atoms with E-state index in [-0.39, 0.29) is 36.3 Å². The summed E-state index contributed by atoms with van der Waals surface area (Å²) < 4.78 is 27.6. The molecule has 0 saturated heterocycles. The molecule has 6 heteroatoms. The molecule has 2 atom stereocenters. The van der Waals surface area contributed by atoms with E-state index in [4.69, 9.17) is 5.73 Å². The fraction of sp³-hybridized carbons (Fsp3) is 0.588. The molecule has 1 amide bonds. The number of nitrogens with two attached hydrogens (primary N) is 1. The van der Waals surface area contributed by atoms with Gasteiger partial charge in [0.15, 0.2) is 0 Å². The number of hydrogen-bond acceptors (Lipinski definition) is 2. The lowest BCUT2D eigenvalue weighted by atomic mass is 9.74. The van der Waals surface area contributed by atoms with Crippen molar-refractivity contribution < 1.29 is 13.6 Å². The Hall–Kier alpha value is -1.20. The van der Waals surface area contributed by atoms with Crippen molar-refractivity contribution in [2.45, 2.75) is 51.6 Å². The molecule has 2 unspecified atom stereocenters. The van der Waals surface area contributed by atoms with Gasteiger partial charge in [-0.15, -0.1) is 12.4 Å². The van der Waals surface area contributed by atoms with Gasteiger partial charge in [0.05, 0.1) is 12.5 Å². The molecule has 23 heavy (non-hydrogen) atoms. The molecule has 130 valence electrons. The molecule has 0 radical (unpaired) electrons. The first kappa shape index (κ1) is 19.8. The molecule has 0 aliphatic heterocycles. The highest BCUT2D eigenvalue weighted by atomic mass is 35.5. The Balaban J connectivity index is 0.00000264. The van der Waals surface area contributed by atoms with Gasteiger partial charge in [0.25, 0.3) is 0 Å². The van der Waals surface area contributed by atoms with E-state index in [0.717, 1.165) is 25.7 Å². The van der Waals surface area contributed by atoms with Gasteiger partial charge >= 0.3 is 0 Å². The van der Waals surface area contributed by atoms with Crippen LogP contribution in [0.3, 0.4) is 0 Å². The molecule has 1 saturated carbocycles. The number of carbonyl (C=O) groups excluding carboxylic acids is 1. The number of carbonyl (C=O) groups is 1. The van der Waals surface area contributed by atoms with Crippen LogP contribution in [0.15, 0.2) is 18.2 Å². The summed E-state index contributed by atoms with van der Waals surface area (Å²) in [4.78, 5) is 14.3. The minimum atomic E-state index is -0.620. The molecule has 0 bridgehead atoms. The molecule has 0 heterocycles. The molecule has 1 fully saturated rings. The predicted octanol–water partition coefficient (Wildman–Crippen LogP) is 3.64. The van der Waals surface area contributed by atoms with Gasteiger partial charge in [-0.1, -0.05) is 18.9 Å². The van der Waals surface area contributed by atoms with Crippen LogP contribution in [0.4, 0.5) is 8.78 Å². The Morgan fingerprint density at radius 1 is 1.35 bits per heavy atom. The number of rotatable bonds is 4. The lowest BCUT2D eigenvalue weighted by molar-refractivity contribution is -0.139. The molecule has 0 spiro atoms. The van der Waals surface area contributed by atoms with Crippen LogP contribution in [-0.2, 0) is 11.3 Å². The third-order valence-corrected chi connectivity index (χ3v) is 4.66.